The number of piperidine rings is 3. The lowest BCUT2D eigenvalue weighted by Gasteiger charge is -2.54. The topological polar surface area (TPSA) is 38.8 Å². The molecular weight excluding hydrogens is 254 g/mol. The van der Waals surface area contributed by atoms with Crippen LogP contribution in [0.2, 0.25) is 0 Å². The normalized spacial score (nSPS) is 40.2. The molecule has 0 aliphatic carbocycles. The Balaban J connectivity index is 1.53. The summed E-state index contributed by atoms with van der Waals surface area (Å²) in [6, 6.07) is 9.92. The fourth-order valence-corrected chi connectivity index (χ4v) is 3.75. The van der Waals surface area contributed by atoms with Gasteiger partial charge in [-0.1, -0.05) is 30.3 Å². The number of nitrogens with zero attached hydrogens (tertiary/aromatic N) is 1. The SMILES string of the molecule is O=C1C2CCN(CC2)C12COC(c1ccccc1)OC2. The van der Waals surface area contributed by atoms with Gasteiger partial charge in [-0.2, -0.15) is 0 Å². The zero-order valence-electron chi connectivity index (χ0n) is 11.5. The summed E-state index contributed by atoms with van der Waals surface area (Å²) in [6.45, 7) is 2.92. The van der Waals surface area contributed by atoms with Crippen LogP contribution >= 0.6 is 0 Å². The van der Waals surface area contributed by atoms with Gasteiger partial charge in [-0.3, -0.25) is 9.69 Å². The molecule has 4 saturated heterocycles. The van der Waals surface area contributed by atoms with Crippen LogP contribution in [0.3, 0.4) is 0 Å². The third kappa shape index (κ3) is 1.75. The van der Waals surface area contributed by atoms with Crippen molar-refractivity contribution in [2.24, 2.45) is 5.92 Å². The fourth-order valence-electron chi connectivity index (χ4n) is 3.75. The molecule has 2 bridgehead atoms. The van der Waals surface area contributed by atoms with Crippen LogP contribution in [0.25, 0.3) is 0 Å². The van der Waals surface area contributed by atoms with Crippen LogP contribution in [-0.4, -0.2) is 42.5 Å². The summed E-state index contributed by atoms with van der Waals surface area (Å²) in [5.74, 6) is 0.557. The van der Waals surface area contributed by atoms with E-state index in [1.165, 1.54) is 0 Å². The molecule has 0 aromatic heterocycles. The first-order valence-electron chi connectivity index (χ1n) is 7.37. The van der Waals surface area contributed by atoms with Crippen molar-refractivity contribution in [3.8, 4) is 0 Å². The zero-order chi connectivity index (χ0) is 13.6. The van der Waals surface area contributed by atoms with E-state index in [9.17, 15) is 4.79 Å². The van der Waals surface area contributed by atoms with Gasteiger partial charge in [-0.25, -0.2) is 0 Å². The number of carbonyl (C=O) groups is 1. The molecule has 20 heavy (non-hydrogen) atoms. The maximum atomic E-state index is 12.6. The van der Waals surface area contributed by atoms with Crippen LogP contribution in [0, 0.1) is 5.92 Å². The van der Waals surface area contributed by atoms with Crippen molar-refractivity contribution in [1.82, 2.24) is 4.90 Å². The molecule has 4 heteroatoms. The number of carbonyl (C=O) groups excluding carboxylic acids is 1. The molecule has 0 amide bonds. The predicted molar refractivity (Wildman–Crippen MR) is 73.1 cm³/mol. The highest BCUT2D eigenvalue weighted by atomic mass is 16.7. The van der Waals surface area contributed by atoms with Crippen molar-refractivity contribution in [1.29, 1.82) is 0 Å². The molecule has 5 rings (SSSR count). The smallest absolute Gasteiger partial charge is 0.184 e. The van der Waals surface area contributed by atoms with E-state index in [2.05, 4.69) is 4.90 Å². The Bertz CT molecular complexity index is 500. The summed E-state index contributed by atoms with van der Waals surface area (Å²) >= 11 is 0. The first-order valence-corrected chi connectivity index (χ1v) is 7.37. The van der Waals surface area contributed by atoms with Gasteiger partial charge in [0.15, 0.2) is 12.1 Å². The monoisotopic (exact) mass is 273 g/mol. The second kappa shape index (κ2) is 4.65. The quantitative estimate of drug-likeness (QED) is 0.781. The molecule has 4 heterocycles. The van der Waals surface area contributed by atoms with Gasteiger partial charge in [0.25, 0.3) is 0 Å². The molecule has 1 aromatic carbocycles. The summed E-state index contributed by atoms with van der Waals surface area (Å²) in [4.78, 5) is 14.9. The van der Waals surface area contributed by atoms with Crippen molar-refractivity contribution in [2.45, 2.75) is 24.7 Å². The highest BCUT2D eigenvalue weighted by Gasteiger charge is 2.55. The second-order valence-corrected chi connectivity index (χ2v) is 6.02. The molecule has 0 radical (unpaired) electrons. The molecule has 106 valence electrons. The predicted octanol–water partition coefficient (Wildman–Crippen LogP) is 1.77. The van der Waals surface area contributed by atoms with Gasteiger partial charge in [0.2, 0.25) is 0 Å². The summed E-state index contributed by atoms with van der Waals surface area (Å²) < 4.78 is 11.8. The lowest BCUT2D eigenvalue weighted by molar-refractivity contribution is -0.245. The molecule has 4 fully saturated rings. The van der Waals surface area contributed by atoms with Gasteiger partial charge in [0, 0.05) is 11.5 Å². The van der Waals surface area contributed by atoms with E-state index in [4.69, 9.17) is 9.47 Å². The lowest BCUT2D eigenvalue weighted by Crippen LogP contribution is -2.70. The minimum atomic E-state index is -0.507. The molecule has 1 spiro atoms. The Labute approximate surface area is 118 Å². The van der Waals surface area contributed by atoms with E-state index in [1.54, 1.807) is 0 Å². The molecule has 1 aromatic rings. The van der Waals surface area contributed by atoms with Crippen molar-refractivity contribution in [3.05, 3.63) is 35.9 Å². The standard InChI is InChI=1S/C16H19NO3/c18-14-12-6-8-17(9-7-12)16(14)10-19-15(20-11-16)13-4-2-1-3-5-13/h1-5,12,15H,6-11H2. The van der Waals surface area contributed by atoms with Crippen molar-refractivity contribution in [2.75, 3.05) is 26.3 Å². The van der Waals surface area contributed by atoms with Crippen molar-refractivity contribution < 1.29 is 14.3 Å². The Hall–Kier alpha value is -1.23. The minimum Gasteiger partial charge on any atom is -0.346 e. The number of Topliss-reactive ketones (excluding diaryl/α,β-unsaturated/α-hetero) is 1. The van der Waals surface area contributed by atoms with E-state index in [0.717, 1.165) is 31.5 Å². The van der Waals surface area contributed by atoms with Crippen LogP contribution in [0.5, 0.6) is 0 Å². The largest absolute Gasteiger partial charge is 0.346 e. The van der Waals surface area contributed by atoms with E-state index < -0.39 is 5.54 Å². The second-order valence-electron chi connectivity index (χ2n) is 6.02. The Kier molecular flexibility index (Phi) is 2.91. The maximum Gasteiger partial charge on any atom is 0.184 e. The van der Waals surface area contributed by atoms with Gasteiger partial charge in [-0.15, -0.1) is 0 Å². The summed E-state index contributed by atoms with van der Waals surface area (Å²) in [5, 5.41) is 0. The minimum absolute atomic E-state index is 0.223. The lowest BCUT2D eigenvalue weighted by atomic mass is 9.73. The molecule has 0 unspecified atom stereocenters. The number of rotatable bonds is 1. The van der Waals surface area contributed by atoms with Crippen LogP contribution in [0.4, 0.5) is 0 Å². The van der Waals surface area contributed by atoms with Gasteiger partial charge >= 0.3 is 0 Å². The van der Waals surface area contributed by atoms with E-state index in [1.807, 2.05) is 30.3 Å². The van der Waals surface area contributed by atoms with Crippen LogP contribution < -0.4 is 0 Å². The van der Waals surface area contributed by atoms with Crippen molar-refractivity contribution >= 4 is 5.78 Å². The number of benzene rings is 1. The molecule has 0 saturated carbocycles. The van der Waals surface area contributed by atoms with Gasteiger partial charge in [0.1, 0.15) is 5.54 Å². The number of hydrogen-bond acceptors (Lipinski definition) is 4. The maximum absolute atomic E-state index is 12.6. The number of ketones is 1. The van der Waals surface area contributed by atoms with Crippen molar-refractivity contribution in [3.63, 3.8) is 0 Å². The van der Waals surface area contributed by atoms with E-state index >= 15 is 0 Å². The number of ether oxygens (including phenoxy) is 2. The first kappa shape index (κ1) is 12.5. The average molecular weight is 273 g/mol. The van der Waals surface area contributed by atoms with Crippen LogP contribution in [0.1, 0.15) is 24.7 Å². The summed E-state index contributed by atoms with van der Waals surface area (Å²) in [7, 11) is 0. The summed E-state index contributed by atoms with van der Waals surface area (Å²) in [6.07, 6.45) is 1.67. The Morgan fingerprint density at radius 2 is 1.70 bits per heavy atom. The van der Waals surface area contributed by atoms with Gasteiger partial charge in [-0.05, 0) is 25.9 Å². The Morgan fingerprint density at radius 3 is 2.30 bits per heavy atom. The zero-order valence-corrected chi connectivity index (χ0v) is 11.5. The molecule has 0 atom stereocenters. The van der Waals surface area contributed by atoms with Crippen LogP contribution in [0.15, 0.2) is 30.3 Å². The number of fused-ring (bicyclic) bond motifs is 2. The van der Waals surface area contributed by atoms with E-state index in [-0.39, 0.29) is 12.2 Å². The highest BCUT2D eigenvalue weighted by molar-refractivity contribution is 5.92. The molecule has 4 nitrogen and oxygen atoms in total. The highest BCUT2D eigenvalue weighted by Crippen LogP contribution is 2.40. The molecule has 4 aliphatic heterocycles. The number of hydrogen-bond donors (Lipinski definition) is 0. The molecule has 4 aliphatic rings. The third-order valence-corrected chi connectivity index (χ3v) is 4.95. The molecule has 0 N–H and O–H groups in total. The van der Waals surface area contributed by atoms with Gasteiger partial charge < -0.3 is 9.47 Å². The van der Waals surface area contributed by atoms with E-state index in [0.29, 0.717) is 19.0 Å². The van der Waals surface area contributed by atoms with Gasteiger partial charge in [0.05, 0.1) is 13.2 Å². The average Bonchev–Trinajstić information content (AvgIpc) is 2.54. The first-order chi connectivity index (χ1) is 9.79. The third-order valence-electron chi connectivity index (χ3n) is 4.95. The fraction of sp³-hybridized carbons (Fsp3) is 0.562. The molecular formula is C16H19NO3. The summed E-state index contributed by atoms with van der Waals surface area (Å²) in [5.41, 5.74) is 0.512. The Morgan fingerprint density at radius 1 is 1.05 bits per heavy atom. The van der Waals surface area contributed by atoms with Crippen LogP contribution in [-0.2, 0) is 14.3 Å².